The lowest BCUT2D eigenvalue weighted by Gasteiger charge is -2.29. The minimum Gasteiger partial charge on any atom is -0.379 e. The fraction of sp³-hybridized carbons (Fsp3) is 0.500. The van der Waals surface area contributed by atoms with E-state index >= 15 is 0 Å². The van der Waals surface area contributed by atoms with Crippen LogP contribution in [0.3, 0.4) is 0 Å². The van der Waals surface area contributed by atoms with Gasteiger partial charge in [0.1, 0.15) is 5.60 Å². The maximum atomic E-state index is 12.8. The Bertz CT molecular complexity index is 400. The molecule has 0 saturated heterocycles. The van der Waals surface area contributed by atoms with Crippen molar-refractivity contribution in [2.24, 2.45) is 7.05 Å². The van der Waals surface area contributed by atoms with E-state index in [2.05, 4.69) is 5.10 Å². The van der Waals surface area contributed by atoms with Crippen molar-refractivity contribution < 1.29 is 13.9 Å². The predicted molar refractivity (Wildman–Crippen MR) is 50.4 cm³/mol. The van der Waals surface area contributed by atoms with Gasteiger partial charge >= 0.3 is 0 Å². The number of nitrogens with zero attached hydrogens (tertiary/aromatic N) is 2. The van der Waals surface area contributed by atoms with Crippen molar-refractivity contribution in [3.05, 3.63) is 30.1 Å². The molecular formula is C10H12F2N2O. The van der Waals surface area contributed by atoms with Crippen LogP contribution in [0.25, 0.3) is 0 Å². The molecule has 3 nitrogen and oxygen atoms in total. The van der Waals surface area contributed by atoms with Gasteiger partial charge in [0.05, 0.1) is 5.69 Å². The lowest BCUT2D eigenvalue weighted by Crippen LogP contribution is -2.32. The molecule has 1 atom stereocenters. The smallest absolute Gasteiger partial charge is 0.266 e. The number of aliphatic hydroxyl groups is 1. The molecule has 0 spiro atoms. The molecule has 0 bridgehead atoms. The van der Waals surface area contributed by atoms with Gasteiger partial charge in [0.15, 0.2) is 0 Å². The molecule has 0 fully saturated rings. The Morgan fingerprint density at radius 1 is 1.40 bits per heavy atom. The highest BCUT2D eigenvalue weighted by molar-refractivity contribution is 5.22. The monoisotopic (exact) mass is 214 g/mol. The molecule has 15 heavy (non-hydrogen) atoms. The van der Waals surface area contributed by atoms with Crippen molar-refractivity contribution in [2.75, 3.05) is 0 Å². The molecular weight excluding hydrogens is 202 g/mol. The van der Waals surface area contributed by atoms with Gasteiger partial charge in [0, 0.05) is 19.7 Å². The Balaban J connectivity index is 2.30. The summed E-state index contributed by atoms with van der Waals surface area (Å²) in [4.78, 5) is 0. The van der Waals surface area contributed by atoms with Gasteiger partial charge in [-0.15, -0.1) is 0 Å². The summed E-state index contributed by atoms with van der Waals surface area (Å²) in [5.41, 5.74) is -0.931. The van der Waals surface area contributed by atoms with Crippen molar-refractivity contribution in [3.63, 3.8) is 0 Å². The summed E-state index contributed by atoms with van der Waals surface area (Å²) in [7, 11) is 1.72. The zero-order valence-electron chi connectivity index (χ0n) is 8.32. The number of allylic oxidation sites excluding steroid dienone is 1. The van der Waals surface area contributed by atoms with E-state index in [-0.39, 0.29) is 12.8 Å². The third kappa shape index (κ3) is 1.92. The van der Waals surface area contributed by atoms with Crippen LogP contribution in [0.1, 0.15) is 18.5 Å². The maximum absolute atomic E-state index is 12.8. The van der Waals surface area contributed by atoms with Crippen LogP contribution in [0.2, 0.25) is 0 Å². The molecule has 1 heterocycles. The second-order valence-electron chi connectivity index (χ2n) is 3.89. The zero-order valence-corrected chi connectivity index (χ0v) is 8.32. The van der Waals surface area contributed by atoms with E-state index in [1.54, 1.807) is 19.3 Å². The van der Waals surface area contributed by atoms with E-state index in [1.165, 1.54) is 4.68 Å². The van der Waals surface area contributed by atoms with Gasteiger partial charge in [-0.1, -0.05) is 0 Å². The van der Waals surface area contributed by atoms with Crippen LogP contribution in [0.4, 0.5) is 8.78 Å². The van der Waals surface area contributed by atoms with Crippen LogP contribution in [0, 0.1) is 0 Å². The van der Waals surface area contributed by atoms with E-state index < -0.39 is 11.5 Å². The minimum atomic E-state index is -2.80. The fourth-order valence-corrected chi connectivity index (χ4v) is 1.64. The number of rotatable bonds is 1. The molecule has 0 saturated carbocycles. The summed E-state index contributed by atoms with van der Waals surface area (Å²) in [5, 5.41) is 14.1. The van der Waals surface area contributed by atoms with Crippen LogP contribution in [0.5, 0.6) is 0 Å². The molecule has 1 aliphatic rings. The highest BCUT2D eigenvalue weighted by atomic mass is 19.3. The van der Waals surface area contributed by atoms with Crippen molar-refractivity contribution in [2.45, 2.75) is 24.4 Å². The summed E-state index contributed by atoms with van der Waals surface area (Å²) >= 11 is 0. The number of hydrogen-bond donors (Lipinski definition) is 1. The lowest BCUT2D eigenvalue weighted by molar-refractivity contribution is -0.0155. The fourth-order valence-electron chi connectivity index (χ4n) is 1.64. The summed E-state index contributed by atoms with van der Waals surface area (Å²) in [6.07, 6.45) is 3.21. The van der Waals surface area contributed by atoms with Gasteiger partial charge in [-0.05, 0) is 24.6 Å². The Kier molecular flexibility index (Phi) is 2.15. The number of aryl methyl sites for hydroxylation is 1. The molecule has 0 radical (unpaired) electrons. The van der Waals surface area contributed by atoms with Crippen molar-refractivity contribution in [1.82, 2.24) is 9.78 Å². The summed E-state index contributed by atoms with van der Waals surface area (Å²) < 4.78 is 27.2. The van der Waals surface area contributed by atoms with Crippen LogP contribution in [0.15, 0.2) is 24.4 Å². The Morgan fingerprint density at radius 3 is 2.60 bits per heavy atom. The quantitative estimate of drug-likeness (QED) is 0.721. The van der Waals surface area contributed by atoms with Crippen LogP contribution < -0.4 is 0 Å². The van der Waals surface area contributed by atoms with Gasteiger partial charge in [0.25, 0.3) is 5.92 Å². The molecule has 82 valence electrons. The summed E-state index contributed by atoms with van der Waals surface area (Å²) in [6.45, 7) is 0. The van der Waals surface area contributed by atoms with Crippen molar-refractivity contribution >= 4 is 0 Å². The molecule has 5 heteroatoms. The molecule has 1 aromatic heterocycles. The first-order valence-corrected chi connectivity index (χ1v) is 4.72. The molecule has 1 unspecified atom stereocenters. The standard InChI is InChI=1S/C10H12F2N2O/c1-14-7-2-8(13-14)9(15)3-5-10(11,12)6-4-9/h2-3,5,7,15H,4,6H2,1H3. The highest BCUT2D eigenvalue weighted by Crippen LogP contribution is 2.37. The third-order valence-electron chi connectivity index (χ3n) is 2.60. The molecule has 0 amide bonds. The predicted octanol–water partition coefficient (Wildman–Crippen LogP) is 1.59. The van der Waals surface area contributed by atoms with Gasteiger partial charge in [-0.25, -0.2) is 8.78 Å². The summed E-state index contributed by atoms with van der Waals surface area (Å²) in [6, 6.07) is 1.63. The Labute approximate surface area is 86.0 Å². The Hall–Kier alpha value is -1.23. The minimum absolute atomic E-state index is 0.00644. The molecule has 0 aromatic carbocycles. The number of halogens is 2. The number of alkyl halides is 2. The number of hydrogen-bond acceptors (Lipinski definition) is 2. The van der Waals surface area contributed by atoms with E-state index in [9.17, 15) is 13.9 Å². The van der Waals surface area contributed by atoms with Crippen LogP contribution in [-0.2, 0) is 12.6 Å². The average molecular weight is 214 g/mol. The van der Waals surface area contributed by atoms with Gasteiger partial charge in [-0.2, -0.15) is 5.10 Å². The molecule has 2 rings (SSSR count). The van der Waals surface area contributed by atoms with E-state index in [4.69, 9.17) is 0 Å². The molecule has 1 aliphatic carbocycles. The second kappa shape index (κ2) is 3.13. The lowest BCUT2D eigenvalue weighted by atomic mass is 9.87. The first kappa shape index (κ1) is 10.3. The maximum Gasteiger partial charge on any atom is 0.266 e. The SMILES string of the molecule is Cn1ccc(C2(O)C=CC(F)(F)CC2)n1. The average Bonchev–Trinajstić information content (AvgIpc) is 2.59. The largest absolute Gasteiger partial charge is 0.379 e. The zero-order chi connectivity index (χ0) is 11.1. The van der Waals surface area contributed by atoms with Crippen LogP contribution >= 0.6 is 0 Å². The first-order valence-electron chi connectivity index (χ1n) is 4.72. The van der Waals surface area contributed by atoms with E-state index in [0.717, 1.165) is 12.2 Å². The van der Waals surface area contributed by atoms with Crippen LogP contribution in [-0.4, -0.2) is 20.8 Å². The van der Waals surface area contributed by atoms with Crippen molar-refractivity contribution in [1.29, 1.82) is 0 Å². The highest BCUT2D eigenvalue weighted by Gasteiger charge is 2.39. The van der Waals surface area contributed by atoms with E-state index in [0.29, 0.717) is 5.69 Å². The van der Waals surface area contributed by atoms with Gasteiger partial charge < -0.3 is 5.11 Å². The molecule has 0 aliphatic heterocycles. The topological polar surface area (TPSA) is 38.0 Å². The summed E-state index contributed by atoms with van der Waals surface area (Å²) in [5.74, 6) is -2.80. The van der Waals surface area contributed by atoms with Gasteiger partial charge in [-0.3, -0.25) is 4.68 Å². The normalized spacial score (nSPS) is 29.3. The van der Waals surface area contributed by atoms with Crippen molar-refractivity contribution in [3.8, 4) is 0 Å². The Morgan fingerprint density at radius 2 is 2.13 bits per heavy atom. The molecule has 1 aromatic rings. The third-order valence-corrected chi connectivity index (χ3v) is 2.60. The van der Waals surface area contributed by atoms with Gasteiger partial charge in [0.2, 0.25) is 0 Å². The van der Waals surface area contributed by atoms with E-state index in [1.807, 2.05) is 0 Å². The first-order chi connectivity index (χ1) is 6.91. The number of aromatic nitrogens is 2. The second-order valence-corrected chi connectivity index (χ2v) is 3.89. The molecule has 1 N–H and O–H groups in total.